The molecule has 2 rings (SSSR count). The van der Waals surface area contributed by atoms with E-state index in [1.807, 2.05) is 0 Å². The summed E-state index contributed by atoms with van der Waals surface area (Å²) in [5, 5.41) is 3.72. The average Bonchev–Trinajstić information content (AvgIpc) is 2.43. The van der Waals surface area contributed by atoms with Crippen LogP contribution in [0.3, 0.4) is 0 Å². The van der Waals surface area contributed by atoms with Gasteiger partial charge in [0, 0.05) is 6.04 Å². The normalized spacial score (nSPS) is 44.8. The Hall–Kier alpha value is -0.0400. The van der Waals surface area contributed by atoms with Crippen LogP contribution < -0.4 is 5.32 Å². The molecule has 0 aromatic heterocycles. The molecule has 0 aromatic carbocycles. The maximum Gasteiger partial charge on any atom is 0.00722 e. The maximum absolute atomic E-state index is 3.72. The summed E-state index contributed by atoms with van der Waals surface area (Å²) < 4.78 is 0. The predicted octanol–water partition coefficient (Wildman–Crippen LogP) is 2.81. The van der Waals surface area contributed by atoms with Crippen molar-refractivity contribution in [1.82, 2.24) is 5.32 Å². The van der Waals surface area contributed by atoms with Crippen LogP contribution in [0.25, 0.3) is 0 Å². The third-order valence-electron chi connectivity index (χ3n) is 4.08. The minimum atomic E-state index is 0.864. The molecule has 2 saturated carbocycles. The molecule has 2 aliphatic rings. The second-order valence-corrected chi connectivity index (χ2v) is 5.35. The lowest BCUT2D eigenvalue weighted by Gasteiger charge is -2.34. The summed E-state index contributed by atoms with van der Waals surface area (Å²) in [5.74, 6) is 2.94. The molecule has 0 bridgehead atoms. The maximum atomic E-state index is 3.72. The van der Waals surface area contributed by atoms with Gasteiger partial charge in [-0.3, -0.25) is 0 Å². The van der Waals surface area contributed by atoms with Gasteiger partial charge in [0.2, 0.25) is 0 Å². The van der Waals surface area contributed by atoms with Crippen molar-refractivity contribution in [3.63, 3.8) is 0 Å². The Morgan fingerprint density at radius 2 is 1.92 bits per heavy atom. The van der Waals surface area contributed by atoms with Gasteiger partial charge in [0.15, 0.2) is 0 Å². The summed E-state index contributed by atoms with van der Waals surface area (Å²) >= 11 is 0. The van der Waals surface area contributed by atoms with Crippen LogP contribution in [0.2, 0.25) is 0 Å². The first-order valence-corrected chi connectivity index (χ1v) is 5.99. The van der Waals surface area contributed by atoms with Crippen LogP contribution in [0.4, 0.5) is 0 Å². The molecule has 2 atom stereocenters. The van der Waals surface area contributed by atoms with Crippen LogP contribution in [0.5, 0.6) is 0 Å². The molecule has 2 aliphatic carbocycles. The van der Waals surface area contributed by atoms with E-state index < -0.39 is 0 Å². The number of hydrogen-bond donors (Lipinski definition) is 1. The molecule has 2 unspecified atom stereocenters. The molecule has 2 fully saturated rings. The molecule has 0 radical (unpaired) electrons. The second kappa shape index (κ2) is 4.00. The molecule has 1 heteroatoms. The van der Waals surface area contributed by atoms with Gasteiger partial charge >= 0.3 is 0 Å². The lowest BCUT2D eigenvalue weighted by molar-refractivity contribution is 0.225. The summed E-state index contributed by atoms with van der Waals surface area (Å²) in [6.45, 7) is 6.07. The fourth-order valence-corrected chi connectivity index (χ4v) is 2.91. The highest BCUT2D eigenvalue weighted by Gasteiger charge is 2.28. The fraction of sp³-hybridized carbons (Fsp3) is 1.00. The van der Waals surface area contributed by atoms with Crippen LogP contribution in [-0.2, 0) is 0 Å². The number of rotatable bonds is 3. The van der Waals surface area contributed by atoms with E-state index in [-0.39, 0.29) is 0 Å². The third-order valence-corrected chi connectivity index (χ3v) is 4.08. The molecule has 1 nitrogen and oxygen atoms in total. The highest BCUT2D eigenvalue weighted by atomic mass is 14.9. The lowest BCUT2D eigenvalue weighted by Crippen LogP contribution is -2.42. The zero-order valence-corrected chi connectivity index (χ0v) is 9.05. The van der Waals surface area contributed by atoms with Gasteiger partial charge in [-0.05, 0) is 43.6 Å². The SMILES string of the molecule is CC1CC(NCC2CCCC2C)C1. The first kappa shape index (κ1) is 9.51. The van der Waals surface area contributed by atoms with E-state index >= 15 is 0 Å². The van der Waals surface area contributed by atoms with Crippen molar-refractivity contribution in [2.24, 2.45) is 17.8 Å². The molecule has 0 heterocycles. The van der Waals surface area contributed by atoms with Gasteiger partial charge in [-0.2, -0.15) is 0 Å². The van der Waals surface area contributed by atoms with Gasteiger partial charge < -0.3 is 5.32 Å². The van der Waals surface area contributed by atoms with Gasteiger partial charge in [0.1, 0.15) is 0 Å². The predicted molar refractivity (Wildman–Crippen MR) is 56.7 cm³/mol. The lowest BCUT2D eigenvalue weighted by atomic mass is 9.81. The number of hydrogen-bond acceptors (Lipinski definition) is 1. The number of nitrogens with one attached hydrogen (secondary N) is 1. The Morgan fingerprint density at radius 1 is 1.15 bits per heavy atom. The molecular formula is C12H23N. The Labute approximate surface area is 82.3 Å². The molecule has 0 spiro atoms. The molecule has 0 saturated heterocycles. The molecule has 76 valence electrons. The molecule has 13 heavy (non-hydrogen) atoms. The van der Waals surface area contributed by atoms with Crippen LogP contribution in [0.15, 0.2) is 0 Å². The van der Waals surface area contributed by atoms with Crippen LogP contribution >= 0.6 is 0 Å². The van der Waals surface area contributed by atoms with Crippen molar-refractivity contribution in [2.45, 2.75) is 52.0 Å². The van der Waals surface area contributed by atoms with Crippen LogP contribution in [-0.4, -0.2) is 12.6 Å². The van der Waals surface area contributed by atoms with E-state index in [9.17, 15) is 0 Å². The quantitative estimate of drug-likeness (QED) is 0.706. The summed E-state index contributed by atoms with van der Waals surface area (Å²) in [6, 6.07) is 0.864. The third kappa shape index (κ3) is 2.25. The summed E-state index contributed by atoms with van der Waals surface area (Å²) in [6.07, 6.45) is 7.24. The van der Waals surface area contributed by atoms with E-state index in [0.29, 0.717) is 0 Å². The van der Waals surface area contributed by atoms with E-state index in [1.165, 1.54) is 38.6 Å². The van der Waals surface area contributed by atoms with Crippen molar-refractivity contribution < 1.29 is 0 Å². The Kier molecular flexibility index (Phi) is 2.92. The Bertz CT molecular complexity index is 161. The zero-order valence-electron chi connectivity index (χ0n) is 9.05. The van der Waals surface area contributed by atoms with Crippen molar-refractivity contribution in [2.75, 3.05) is 6.54 Å². The minimum Gasteiger partial charge on any atom is -0.314 e. The zero-order chi connectivity index (χ0) is 9.26. The Balaban J connectivity index is 1.62. The first-order chi connectivity index (χ1) is 6.25. The van der Waals surface area contributed by atoms with E-state index in [2.05, 4.69) is 19.2 Å². The largest absolute Gasteiger partial charge is 0.314 e. The van der Waals surface area contributed by atoms with Crippen molar-refractivity contribution in [3.05, 3.63) is 0 Å². The molecule has 1 N–H and O–H groups in total. The van der Waals surface area contributed by atoms with Gasteiger partial charge in [0.05, 0.1) is 0 Å². The van der Waals surface area contributed by atoms with Crippen LogP contribution in [0, 0.1) is 17.8 Å². The van der Waals surface area contributed by atoms with Crippen molar-refractivity contribution in [1.29, 1.82) is 0 Å². The molecule has 0 amide bonds. The highest BCUT2D eigenvalue weighted by molar-refractivity contribution is 4.84. The highest BCUT2D eigenvalue weighted by Crippen LogP contribution is 2.32. The van der Waals surface area contributed by atoms with Gasteiger partial charge in [0.25, 0.3) is 0 Å². The van der Waals surface area contributed by atoms with Crippen molar-refractivity contribution in [3.8, 4) is 0 Å². The second-order valence-electron chi connectivity index (χ2n) is 5.35. The van der Waals surface area contributed by atoms with E-state index in [4.69, 9.17) is 0 Å². The van der Waals surface area contributed by atoms with E-state index in [0.717, 1.165) is 23.8 Å². The summed E-state index contributed by atoms with van der Waals surface area (Å²) in [7, 11) is 0. The van der Waals surface area contributed by atoms with Gasteiger partial charge in [-0.25, -0.2) is 0 Å². The monoisotopic (exact) mass is 181 g/mol. The molecule has 0 aliphatic heterocycles. The smallest absolute Gasteiger partial charge is 0.00722 e. The van der Waals surface area contributed by atoms with Gasteiger partial charge in [-0.15, -0.1) is 0 Å². The van der Waals surface area contributed by atoms with Crippen LogP contribution in [0.1, 0.15) is 46.0 Å². The van der Waals surface area contributed by atoms with Crippen molar-refractivity contribution >= 4 is 0 Å². The topological polar surface area (TPSA) is 12.0 Å². The summed E-state index contributed by atoms with van der Waals surface area (Å²) in [5.41, 5.74) is 0. The summed E-state index contributed by atoms with van der Waals surface area (Å²) in [4.78, 5) is 0. The van der Waals surface area contributed by atoms with Gasteiger partial charge in [-0.1, -0.05) is 26.7 Å². The van der Waals surface area contributed by atoms with E-state index in [1.54, 1.807) is 0 Å². The molecular weight excluding hydrogens is 158 g/mol. The molecule has 0 aromatic rings. The average molecular weight is 181 g/mol. The first-order valence-electron chi connectivity index (χ1n) is 5.99. The standard InChI is InChI=1S/C12H23N/c1-9-6-12(7-9)13-8-11-5-3-4-10(11)2/h9-13H,3-8H2,1-2H3. The fourth-order valence-electron chi connectivity index (χ4n) is 2.91. The minimum absolute atomic E-state index is 0.864. The Morgan fingerprint density at radius 3 is 2.46 bits per heavy atom.